The summed E-state index contributed by atoms with van der Waals surface area (Å²) in [6.07, 6.45) is 6.13. The number of halogens is 1. The van der Waals surface area contributed by atoms with Crippen LogP contribution >= 0.6 is 11.6 Å². The van der Waals surface area contributed by atoms with Gasteiger partial charge in [-0.05, 0) is 23.8 Å². The summed E-state index contributed by atoms with van der Waals surface area (Å²) in [6.45, 7) is 0.217. The number of hydrogen-bond donors (Lipinski definition) is 3. The molecule has 0 radical (unpaired) electrons. The number of nitrogens with two attached hydrogens (primary N) is 1. The first kappa shape index (κ1) is 17.7. The average molecular weight is 397 g/mol. The van der Waals surface area contributed by atoms with E-state index in [1.165, 1.54) is 23.2 Å². The van der Waals surface area contributed by atoms with Crippen LogP contribution in [0.15, 0.2) is 36.8 Å². The fraction of sp³-hybridized carbons (Fsp3) is 0.0556. The zero-order chi connectivity index (χ0) is 19.8. The lowest BCUT2D eigenvalue weighted by atomic mass is 10.1. The molecule has 28 heavy (non-hydrogen) atoms. The first-order valence-corrected chi connectivity index (χ1v) is 8.49. The molecule has 10 heteroatoms. The summed E-state index contributed by atoms with van der Waals surface area (Å²) in [7, 11) is 0. The molecule has 0 unspecified atom stereocenters. The minimum atomic E-state index is -1.08. The number of carboxylic acid groups (broad SMARTS) is 1. The Morgan fingerprint density at radius 2 is 2.21 bits per heavy atom. The summed E-state index contributed by atoms with van der Waals surface area (Å²) in [6, 6.07) is 5.01. The first-order valence-electron chi connectivity index (χ1n) is 8.11. The number of nitrogen functional groups attached to an aromatic ring is 1. The van der Waals surface area contributed by atoms with E-state index in [9.17, 15) is 9.59 Å². The molecular weight excluding hydrogens is 384 g/mol. The van der Waals surface area contributed by atoms with E-state index in [1.807, 2.05) is 6.07 Å². The third-order valence-corrected chi connectivity index (χ3v) is 4.45. The number of carboxylic acids is 1. The quantitative estimate of drug-likeness (QED) is 0.454. The zero-order valence-corrected chi connectivity index (χ0v) is 15.0. The molecule has 1 amide bonds. The smallest absolute Gasteiger partial charge is 0.337 e. The predicted octanol–water partition coefficient (Wildman–Crippen LogP) is 2.22. The topological polar surface area (TPSA) is 138 Å². The van der Waals surface area contributed by atoms with Gasteiger partial charge in [0, 0.05) is 24.3 Å². The molecule has 0 bridgehead atoms. The average Bonchev–Trinajstić information content (AvgIpc) is 3.22. The number of nitrogens with zero attached hydrogens (tertiary/aromatic N) is 4. The highest BCUT2D eigenvalue weighted by atomic mass is 35.5. The molecule has 0 saturated carbocycles. The van der Waals surface area contributed by atoms with Crippen molar-refractivity contribution in [3.05, 3.63) is 64.3 Å². The molecule has 0 aromatic carbocycles. The SMILES string of the molecule is Nc1nc(Cl)c2c(n1)N(Cc1cccnc1)C(=O)/C2=C\c1cc(C(=O)O)c[nH]1. The number of anilines is 2. The number of nitrogens with one attached hydrogen (secondary N) is 1. The lowest BCUT2D eigenvalue weighted by Crippen LogP contribution is -2.26. The Morgan fingerprint density at radius 1 is 1.39 bits per heavy atom. The van der Waals surface area contributed by atoms with Crippen molar-refractivity contribution in [2.45, 2.75) is 6.54 Å². The van der Waals surface area contributed by atoms with Crippen LogP contribution in [0, 0.1) is 0 Å². The third kappa shape index (κ3) is 3.08. The van der Waals surface area contributed by atoms with Crippen LogP contribution in [0.3, 0.4) is 0 Å². The fourth-order valence-electron chi connectivity index (χ4n) is 2.94. The lowest BCUT2D eigenvalue weighted by Gasteiger charge is -2.16. The molecule has 0 spiro atoms. The molecule has 0 atom stereocenters. The molecule has 0 aliphatic carbocycles. The maximum atomic E-state index is 13.1. The van der Waals surface area contributed by atoms with Gasteiger partial charge < -0.3 is 15.8 Å². The molecule has 140 valence electrons. The number of carbonyl (C=O) groups excluding carboxylic acids is 1. The van der Waals surface area contributed by atoms with E-state index in [0.29, 0.717) is 17.1 Å². The minimum absolute atomic E-state index is 0.0424. The summed E-state index contributed by atoms with van der Waals surface area (Å²) in [5.41, 5.74) is 7.60. The Morgan fingerprint density at radius 3 is 2.89 bits per heavy atom. The standard InChI is InChI=1S/C18H13ClN6O3/c19-14-13-12(5-11-4-10(7-22-11)17(27)28)16(26)25(15(13)24-18(20)23-14)8-9-2-1-3-21-6-9/h1-7,22H,8H2,(H,27,28)(H2,20,23,24)/b12-5-. The van der Waals surface area contributed by atoms with Gasteiger partial charge in [0.1, 0.15) is 5.15 Å². The van der Waals surface area contributed by atoms with Gasteiger partial charge in [-0.25, -0.2) is 9.78 Å². The summed E-state index contributed by atoms with van der Waals surface area (Å²) in [4.78, 5) is 40.6. The number of rotatable bonds is 4. The number of aromatic nitrogens is 4. The first-order chi connectivity index (χ1) is 13.4. The van der Waals surface area contributed by atoms with Gasteiger partial charge in [-0.15, -0.1) is 0 Å². The normalized spacial score (nSPS) is 14.5. The van der Waals surface area contributed by atoms with Gasteiger partial charge in [-0.3, -0.25) is 14.7 Å². The molecule has 3 aromatic rings. The van der Waals surface area contributed by atoms with E-state index in [1.54, 1.807) is 18.5 Å². The molecule has 0 fully saturated rings. The fourth-order valence-corrected chi connectivity index (χ4v) is 3.22. The van der Waals surface area contributed by atoms with Crippen LogP contribution in [0.5, 0.6) is 0 Å². The highest BCUT2D eigenvalue weighted by molar-refractivity contribution is 6.41. The Labute approximate surface area is 163 Å². The van der Waals surface area contributed by atoms with E-state index in [2.05, 4.69) is 19.9 Å². The zero-order valence-electron chi connectivity index (χ0n) is 14.3. The molecule has 1 aliphatic heterocycles. The van der Waals surface area contributed by atoms with Crippen molar-refractivity contribution in [2.75, 3.05) is 10.6 Å². The Balaban J connectivity index is 1.81. The van der Waals surface area contributed by atoms with E-state index in [0.717, 1.165) is 5.56 Å². The summed E-state index contributed by atoms with van der Waals surface area (Å²) in [5.74, 6) is -1.19. The van der Waals surface area contributed by atoms with Crippen molar-refractivity contribution in [1.82, 2.24) is 19.9 Å². The van der Waals surface area contributed by atoms with Crippen molar-refractivity contribution in [3.8, 4) is 0 Å². The van der Waals surface area contributed by atoms with Gasteiger partial charge >= 0.3 is 5.97 Å². The van der Waals surface area contributed by atoms with Gasteiger partial charge in [0.25, 0.3) is 5.91 Å². The maximum absolute atomic E-state index is 13.1. The Bertz CT molecular complexity index is 1130. The summed E-state index contributed by atoms with van der Waals surface area (Å²) in [5, 5.41) is 9.12. The van der Waals surface area contributed by atoms with Gasteiger partial charge in [0.15, 0.2) is 5.82 Å². The highest BCUT2D eigenvalue weighted by Gasteiger charge is 2.37. The van der Waals surface area contributed by atoms with Crippen molar-refractivity contribution < 1.29 is 14.7 Å². The molecular formula is C18H13ClN6O3. The number of fused-ring (bicyclic) bond motifs is 1. The second kappa shape index (κ2) is 6.78. The van der Waals surface area contributed by atoms with E-state index < -0.39 is 5.97 Å². The molecule has 4 rings (SSSR count). The van der Waals surface area contributed by atoms with Crippen LogP contribution < -0.4 is 10.6 Å². The van der Waals surface area contributed by atoms with Gasteiger partial charge in [0.2, 0.25) is 5.95 Å². The second-order valence-electron chi connectivity index (χ2n) is 6.03. The molecule has 1 aliphatic rings. The second-order valence-corrected chi connectivity index (χ2v) is 6.39. The highest BCUT2D eigenvalue weighted by Crippen LogP contribution is 2.41. The molecule has 4 heterocycles. The summed E-state index contributed by atoms with van der Waals surface area (Å²) >= 11 is 6.26. The number of aromatic carboxylic acids is 1. The van der Waals surface area contributed by atoms with Crippen molar-refractivity contribution in [1.29, 1.82) is 0 Å². The third-order valence-electron chi connectivity index (χ3n) is 4.18. The molecule has 0 saturated heterocycles. The predicted molar refractivity (Wildman–Crippen MR) is 103 cm³/mol. The van der Waals surface area contributed by atoms with Crippen LogP contribution in [0.4, 0.5) is 11.8 Å². The van der Waals surface area contributed by atoms with E-state index in [4.69, 9.17) is 22.4 Å². The van der Waals surface area contributed by atoms with E-state index in [-0.39, 0.29) is 34.7 Å². The molecule has 4 N–H and O–H groups in total. The largest absolute Gasteiger partial charge is 0.478 e. The number of H-pyrrole nitrogens is 1. The van der Waals surface area contributed by atoms with Crippen LogP contribution in [0.1, 0.15) is 27.2 Å². The van der Waals surface area contributed by atoms with Gasteiger partial charge in [-0.2, -0.15) is 4.98 Å². The van der Waals surface area contributed by atoms with Crippen molar-refractivity contribution in [2.24, 2.45) is 0 Å². The van der Waals surface area contributed by atoms with Crippen LogP contribution in [-0.4, -0.2) is 36.9 Å². The number of pyridine rings is 1. The van der Waals surface area contributed by atoms with E-state index >= 15 is 0 Å². The van der Waals surface area contributed by atoms with Crippen LogP contribution in [0.2, 0.25) is 5.15 Å². The lowest BCUT2D eigenvalue weighted by molar-refractivity contribution is -0.113. The monoisotopic (exact) mass is 396 g/mol. The number of amides is 1. The molecule has 3 aromatic heterocycles. The van der Waals surface area contributed by atoms with Crippen molar-refractivity contribution >= 4 is 46.9 Å². The molecule has 9 nitrogen and oxygen atoms in total. The Hall–Kier alpha value is -3.72. The number of carbonyl (C=O) groups is 2. The van der Waals surface area contributed by atoms with Crippen molar-refractivity contribution in [3.63, 3.8) is 0 Å². The van der Waals surface area contributed by atoms with Crippen LogP contribution in [0.25, 0.3) is 11.6 Å². The Kier molecular flexibility index (Phi) is 4.28. The summed E-state index contributed by atoms with van der Waals surface area (Å²) < 4.78 is 0. The minimum Gasteiger partial charge on any atom is -0.478 e. The van der Waals surface area contributed by atoms with Crippen LogP contribution in [-0.2, 0) is 11.3 Å². The maximum Gasteiger partial charge on any atom is 0.337 e. The van der Waals surface area contributed by atoms with Gasteiger partial charge in [0.05, 0.1) is 23.2 Å². The van der Waals surface area contributed by atoms with Gasteiger partial charge in [-0.1, -0.05) is 17.7 Å². The number of aromatic amines is 1. The number of hydrogen-bond acceptors (Lipinski definition) is 6.